The standard InChI is InChI=1S/C20H15NO6S/c1-12(22)21(18-7-4-10-28-18)16-5-2-3-6-17(16)27-13-8-9-14(19(23)24)15(11-13)20(25)26/h2-11H,1H3,(H,23,24)(H,25,26). The van der Waals surface area contributed by atoms with Crippen LogP contribution in [-0.4, -0.2) is 28.1 Å². The van der Waals surface area contributed by atoms with Gasteiger partial charge in [-0.3, -0.25) is 9.69 Å². The zero-order valence-electron chi connectivity index (χ0n) is 14.7. The van der Waals surface area contributed by atoms with E-state index < -0.39 is 11.9 Å². The van der Waals surface area contributed by atoms with E-state index in [1.165, 1.54) is 35.3 Å². The van der Waals surface area contributed by atoms with Crippen LogP contribution in [0.15, 0.2) is 60.0 Å². The van der Waals surface area contributed by atoms with E-state index in [1.54, 1.807) is 30.3 Å². The second-order valence-electron chi connectivity index (χ2n) is 5.69. The molecule has 2 aromatic carbocycles. The number of carbonyl (C=O) groups excluding carboxylic acids is 1. The van der Waals surface area contributed by atoms with Crippen LogP contribution in [0.4, 0.5) is 10.7 Å². The molecule has 0 spiro atoms. The van der Waals surface area contributed by atoms with Crippen molar-refractivity contribution in [2.24, 2.45) is 0 Å². The van der Waals surface area contributed by atoms with Crippen LogP contribution >= 0.6 is 11.3 Å². The number of aromatic carboxylic acids is 2. The van der Waals surface area contributed by atoms with Crippen LogP contribution in [0.25, 0.3) is 0 Å². The van der Waals surface area contributed by atoms with Crippen LogP contribution in [-0.2, 0) is 4.79 Å². The SMILES string of the molecule is CC(=O)N(c1cccs1)c1ccccc1Oc1ccc(C(=O)O)c(C(=O)O)c1. The van der Waals surface area contributed by atoms with Gasteiger partial charge in [-0.2, -0.15) is 0 Å². The number of carboxylic acid groups (broad SMARTS) is 2. The van der Waals surface area contributed by atoms with Gasteiger partial charge in [0.2, 0.25) is 5.91 Å². The smallest absolute Gasteiger partial charge is 0.336 e. The van der Waals surface area contributed by atoms with Crippen LogP contribution < -0.4 is 9.64 Å². The third kappa shape index (κ3) is 3.86. The molecular weight excluding hydrogens is 382 g/mol. The summed E-state index contributed by atoms with van der Waals surface area (Å²) in [4.78, 5) is 36.3. The predicted octanol–water partition coefficient (Wildman–Crippen LogP) is 4.62. The van der Waals surface area contributed by atoms with E-state index in [9.17, 15) is 19.5 Å². The minimum atomic E-state index is -1.37. The molecule has 0 fully saturated rings. The van der Waals surface area contributed by atoms with Gasteiger partial charge >= 0.3 is 11.9 Å². The fraction of sp³-hybridized carbons (Fsp3) is 0.0500. The summed E-state index contributed by atoms with van der Waals surface area (Å²) in [5, 5.41) is 21.0. The molecule has 0 saturated carbocycles. The van der Waals surface area contributed by atoms with Gasteiger partial charge in [-0.25, -0.2) is 9.59 Å². The van der Waals surface area contributed by atoms with Crippen molar-refractivity contribution in [3.63, 3.8) is 0 Å². The molecule has 0 aliphatic heterocycles. The molecule has 1 aromatic heterocycles. The number of ether oxygens (including phenoxy) is 1. The molecule has 3 aromatic rings. The van der Waals surface area contributed by atoms with Crippen LogP contribution in [0.3, 0.4) is 0 Å². The summed E-state index contributed by atoms with van der Waals surface area (Å²) in [6.07, 6.45) is 0. The van der Waals surface area contributed by atoms with Crippen molar-refractivity contribution >= 4 is 39.9 Å². The molecule has 0 bridgehead atoms. The summed E-state index contributed by atoms with van der Waals surface area (Å²) in [5.41, 5.74) is -0.238. The normalized spacial score (nSPS) is 10.3. The number of para-hydroxylation sites is 2. The van der Waals surface area contributed by atoms with E-state index >= 15 is 0 Å². The first kappa shape index (κ1) is 19.1. The lowest BCUT2D eigenvalue weighted by molar-refractivity contribution is -0.115. The number of carbonyl (C=O) groups is 3. The number of thiophene rings is 1. The van der Waals surface area contributed by atoms with Gasteiger partial charge in [-0.15, -0.1) is 11.3 Å². The molecule has 0 aliphatic rings. The summed E-state index contributed by atoms with van der Waals surface area (Å²) in [6, 6.07) is 14.1. The monoisotopic (exact) mass is 397 g/mol. The second-order valence-corrected chi connectivity index (χ2v) is 6.62. The van der Waals surface area contributed by atoms with E-state index in [-0.39, 0.29) is 22.8 Å². The van der Waals surface area contributed by atoms with Crippen LogP contribution in [0.2, 0.25) is 0 Å². The zero-order valence-corrected chi connectivity index (χ0v) is 15.5. The van der Waals surface area contributed by atoms with Gasteiger partial charge in [0.25, 0.3) is 0 Å². The first-order valence-electron chi connectivity index (χ1n) is 8.10. The topological polar surface area (TPSA) is 104 Å². The Kier molecular flexibility index (Phi) is 5.42. The van der Waals surface area contributed by atoms with Gasteiger partial charge in [0.15, 0.2) is 5.75 Å². The number of benzene rings is 2. The molecule has 2 N–H and O–H groups in total. The predicted molar refractivity (Wildman–Crippen MR) is 104 cm³/mol. The Morgan fingerprint density at radius 1 is 0.929 bits per heavy atom. The average molecular weight is 397 g/mol. The highest BCUT2D eigenvalue weighted by Gasteiger charge is 2.21. The van der Waals surface area contributed by atoms with Crippen molar-refractivity contribution in [1.29, 1.82) is 0 Å². The highest BCUT2D eigenvalue weighted by Crippen LogP contribution is 2.38. The molecule has 0 atom stereocenters. The van der Waals surface area contributed by atoms with Gasteiger partial charge < -0.3 is 14.9 Å². The molecule has 3 rings (SSSR count). The van der Waals surface area contributed by atoms with E-state index in [1.807, 2.05) is 11.4 Å². The fourth-order valence-corrected chi connectivity index (χ4v) is 3.43. The highest BCUT2D eigenvalue weighted by molar-refractivity contribution is 7.14. The Hall–Kier alpha value is -3.65. The van der Waals surface area contributed by atoms with Crippen molar-refractivity contribution in [1.82, 2.24) is 0 Å². The third-order valence-corrected chi connectivity index (χ3v) is 4.68. The van der Waals surface area contributed by atoms with Crippen molar-refractivity contribution < 1.29 is 29.3 Å². The summed E-state index contributed by atoms with van der Waals surface area (Å²) >= 11 is 1.39. The number of amides is 1. The number of hydrogen-bond acceptors (Lipinski definition) is 5. The largest absolute Gasteiger partial charge is 0.478 e. The maximum absolute atomic E-state index is 12.2. The molecule has 28 heavy (non-hydrogen) atoms. The van der Waals surface area contributed by atoms with Gasteiger partial charge in [0, 0.05) is 6.92 Å². The van der Waals surface area contributed by atoms with Crippen molar-refractivity contribution in [3.05, 3.63) is 71.1 Å². The average Bonchev–Trinajstić information content (AvgIpc) is 3.17. The molecule has 0 saturated heterocycles. The molecule has 0 aliphatic carbocycles. The fourth-order valence-electron chi connectivity index (χ4n) is 2.65. The van der Waals surface area contributed by atoms with Crippen molar-refractivity contribution in [2.75, 3.05) is 4.90 Å². The lowest BCUT2D eigenvalue weighted by Crippen LogP contribution is -2.22. The molecule has 0 unspecified atom stereocenters. The minimum Gasteiger partial charge on any atom is -0.478 e. The first-order valence-corrected chi connectivity index (χ1v) is 8.98. The Labute approximate surface area is 164 Å². The molecule has 1 amide bonds. The minimum absolute atomic E-state index is 0.143. The maximum atomic E-state index is 12.2. The van der Waals surface area contributed by atoms with Gasteiger partial charge in [-0.05, 0) is 47.8 Å². The Balaban J connectivity index is 2.03. The highest BCUT2D eigenvalue weighted by atomic mass is 32.1. The van der Waals surface area contributed by atoms with Gasteiger partial charge in [0.05, 0.1) is 16.8 Å². The summed E-state index contributed by atoms with van der Waals surface area (Å²) < 4.78 is 5.82. The van der Waals surface area contributed by atoms with E-state index in [0.717, 1.165) is 6.07 Å². The molecule has 8 heteroatoms. The number of anilines is 2. The third-order valence-electron chi connectivity index (χ3n) is 3.83. The number of rotatable bonds is 6. The second kappa shape index (κ2) is 7.93. The van der Waals surface area contributed by atoms with Crippen molar-refractivity contribution in [2.45, 2.75) is 6.92 Å². The Bertz CT molecular complexity index is 1040. The van der Waals surface area contributed by atoms with Crippen LogP contribution in [0.5, 0.6) is 11.5 Å². The van der Waals surface area contributed by atoms with Gasteiger partial charge in [-0.1, -0.05) is 12.1 Å². The van der Waals surface area contributed by atoms with Gasteiger partial charge in [0.1, 0.15) is 10.8 Å². The molecule has 7 nitrogen and oxygen atoms in total. The zero-order chi connectivity index (χ0) is 20.3. The Morgan fingerprint density at radius 3 is 2.25 bits per heavy atom. The van der Waals surface area contributed by atoms with Crippen LogP contribution in [0, 0.1) is 0 Å². The summed E-state index contributed by atoms with van der Waals surface area (Å²) in [7, 11) is 0. The van der Waals surface area contributed by atoms with E-state index in [0.29, 0.717) is 16.4 Å². The van der Waals surface area contributed by atoms with E-state index in [2.05, 4.69) is 0 Å². The molecule has 0 radical (unpaired) electrons. The number of hydrogen-bond donors (Lipinski definition) is 2. The van der Waals surface area contributed by atoms with Crippen molar-refractivity contribution in [3.8, 4) is 11.5 Å². The lowest BCUT2D eigenvalue weighted by Gasteiger charge is -2.22. The first-order chi connectivity index (χ1) is 13.4. The van der Waals surface area contributed by atoms with Crippen LogP contribution in [0.1, 0.15) is 27.6 Å². The molecule has 1 heterocycles. The molecular formula is C20H15NO6S. The Morgan fingerprint density at radius 2 is 1.64 bits per heavy atom. The van der Waals surface area contributed by atoms with E-state index in [4.69, 9.17) is 9.84 Å². The summed E-state index contributed by atoms with van der Waals surface area (Å²) in [6.45, 7) is 1.43. The maximum Gasteiger partial charge on any atom is 0.336 e. The lowest BCUT2D eigenvalue weighted by atomic mass is 10.1. The molecule has 142 valence electrons. The number of nitrogens with zero attached hydrogens (tertiary/aromatic N) is 1. The quantitative estimate of drug-likeness (QED) is 0.629. The summed E-state index contributed by atoms with van der Waals surface area (Å²) in [5.74, 6) is -2.47. The number of carboxylic acids is 2.